The Hall–Kier alpha value is -4.39. The highest BCUT2D eigenvalue weighted by Crippen LogP contribution is 2.34. The molecule has 0 atom stereocenters. The first-order valence-corrected chi connectivity index (χ1v) is 11.4. The quantitative estimate of drug-likeness (QED) is 0.287. The third kappa shape index (κ3) is 5.41. The van der Waals surface area contributed by atoms with Gasteiger partial charge in [-0.05, 0) is 55.7 Å². The van der Waals surface area contributed by atoms with Gasteiger partial charge in [0.25, 0.3) is 5.56 Å². The summed E-state index contributed by atoms with van der Waals surface area (Å²) in [4.78, 5) is 27.9. The van der Waals surface area contributed by atoms with Crippen LogP contribution in [0.3, 0.4) is 0 Å². The Bertz CT molecular complexity index is 1520. The Morgan fingerprint density at radius 3 is 2.66 bits per heavy atom. The number of ether oxygens (including phenoxy) is 2. The van der Waals surface area contributed by atoms with E-state index >= 15 is 0 Å². The standard InChI is InChI=1S/C28H27N3O4/c1-4-9-22-15-21(17-29-31-27(32)23-12-6-7-13-24(23)30-28(31)33)16-25(34-5-2)26(22)35-18-20-11-8-10-19(3)14-20/h4,6-8,10-17H,1,5,9,18H2,2-3H3,(H,30,33). The van der Waals surface area contributed by atoms with E-state index in [1.807, 2.05) is 38.1 Å². The van der Waals surface area contributed by atoms with E-state index in [1.54, 1.807) is 36.4 Å². The number of hydrogen-bond acceptors (Lipinski definition) is 5. The molecule has 0 aliphatic rings. The van der Waals surface area contributed by atoms with Gasteiger partial charge in [-0.25, -0.2) is 4.79 Å². The van der Waals surface area contributed by atoms with Gasteiger partial charge in [-0.15, -0.1) is 11.3 Å². The molecule has 1 N–H and O–H groups in total. The molecule has 7 nitrogen and oxygen atoms in total. The van der Waals surface area contributed by atoms with Gasteiger partial charge in [-0.1, -0.05) is 48.0 Å². The number of nitrogens with zero attached hydrogens (tertiary/aromatic N) is 2. The molecule has 0 unspecified atom stereocenters. The lowest BCUT2D eigenvalue weighted by Crippen LogP contribution is -2.32. The number of benzene rings is 3. The predicted molar refractivity (Wildman–Crippen MR) is 139 cm³/mol. The van der Waals surface area contributed by atoms with Crippen LogP contribution in [0.1, 0.15) is 29.2 Å². The van der Waals surface area contributed by atoms with Crippen molar-refractivity contribution in [2.45, 2.75) is 26.9 Å². The van der Waals surface area contributed by atoms with E-state index < -0.39 is 11.2 Å². The fourth-order valence-electron chi connectivity index (χ4n) is 3.83. The van der Waals surface area contributed by atoms with E-state index in [0.29, 0.717) is 47.6 Å². The molecule has 4 rings (SSSR count). The molecule has 1 aromatic heterocycles. The molecule has 178 valence electrons. The zero-order valence-electron chi connectivity index (χ0n) is 19.8. The van der Waals surface area contributed by atoms with Crippen molar-refractivity contribution in [3.8, 4) is 11.5 Å². The van der Waals surface area contributed by atoms with E-state index in [4.69, 9.17) is 9.47 Å². The van der Waals surface area contributed by atoms with Crippen LogP contribution in [-0.2, 0) is 13.0 Å². The molecule has 0 aliphatic heterocycles. The number of allylic oxidation sites excluding steroid dienone is 1. The Kier molecular flexibility index (Phi) is 7.26. The van der Waals surface area contributed by atoms with Crippen molar-refractivity contribution < 1.29 is 9.47 Å². The minimum Gasteiger partial charge on any atom is -0.490 e. The summed E-state index contributed by atoms with van der Waals surface area (Å²) in [5.41, 5.74) is 3.10. The van der Waals surface area contributed by atoms with Gasteiger partial charge in [0.15, 0.2) is 11.5 Å². The number of aryl methyl sites for hydroxylation is 1. The van der Waals surface area contributed by atoms with E-state index in [9.17, 15) is 9.59 Å². The van der Waals surface area contributed by atoms with Crippen molar-refractivity contribution in [3.63, 3.8) is 0 Å². The fourth-order valence-corrected chi connectivity index (χ4v) is 3.83. The number of para-hydroxylation sites is 1. The van der Waals surface area contributed by atoms with Gasteiger partial charge >= 0.3 is 5.69 Å². The molecule has 3 aromatic carbocycles. The van der Waals surface area contributed by atoms with Gasteiger partial charge in [0, 0.05) is 5.56 Å². The molecule has 0 fully saturated rings. The van der Waals surface area contributed by atoms with E-state index in [0.717, 1.165) is 21.4 Å². The third-order valence-electron chi connectivity index (χ3n) is 5.39. The van der Waals surface area contributed by atoms with E-state index in [2.05, 4.69) is 22.7 Å². The molecule has 0 spiro atoms. The summed E-state index contributed by atoms with van der Waals surface area (Å²) in [6.07, 6.45) is 3.79. The van der Waals surface area contributed by atoms with E-state index in [1.165, 1.54) is 6.21 Å². The summed E-state index contributed by atoms with van der Waals surface area (Å²) >= 11 is 0. The SMILES string of the molecule is C=CCc1cc(C=Nn2c(=O)[nH]c3ccccc3c2=O)cc(OCC)c1OCc1cccc(C)c1. The van der Waals surface area contributed by atoms with Crippen LogP contribution in [0, 0.1) is 6.92 Å². The molecular formula is C28H27N3O4. The van der Waals surface area contributed by atoms with Crippen molar-refractivity contribution in [1.82, 2.24) is 9.66 Å². The Balaban J connectivity index is 1.71. The van der Waals surface area contributed by atoms with Gasteiger partial charge < -0.3 is 14.5 Å². The van der Waals surface area contributed by atoms with Crippen LogP contribution < -0.4 is 20.7 Å². The van der Waals surface area contributed by atoms with Crippen LogP contribution in [0.25, 0.3) is 10.9 Å². The van der Waals surface area contributed by atoms with Crippen molar-refractivity contribution >= 4 is 17.1 Å². The van der Waals surface area contributed by atoms with Gasteiger partial charge in [0.05, 0.1) is 23.7 Å². The van der Waals surface area contributed by atoms with Gasteiger partial charge in [-0.3, -0.25) is 4.79 Å². The number of aromatic amines is 1. The molecule has 0 saturated heterocycles. The first-order chi connectivity index (χ1) is 17.0. The zero-order chi connectivity index (χ0) is 24.8. The Labute approximate surface area is 203 Å². The van der Waals surface area contributed by atoms with Crippen LogP contribution in [0.15, 0.2) is 88.0 Å². The van der Waals surface area contributed by atoms with Crippen molar-refractivity contribution in [2.75, 3.05) is 6.61 Å². The highest BCUT2D eigenvalue weighted by atomic mass is 16.5. The van der Waals surface area contributed by atoms with E-state index in [-0.39, 0.29) is 0 Å². The van der Waals surface area contributed by atoms with Gasteiger partial charge in [0.2, 0.25) is 0 Å². The van der Waals surface area contributed by atoms with Crippen LogP contribution in [0.5, 0.6) is 11.5 Å². The second-order valence-corrected chi connectivity index (χ2v) is 8.05. The number of rotatable bonds is 9. The Morgan fingerprint density at radius 1 is 1.06 bits per heavy atom. The molecule has 0 bridgehead atoms. The van der Waals surface area contributed by atoms with Crippen molar-refractivity contribution in [1.29, 1.82) is 0 Å². The molecular weight excluding hydrogens is 442 g/mol. The summed E-state index contributed by atoms with van der Waals surface area (Å²) in [6.45, 7) is 8.63. The molecule has 0 amide bonds. The number of nitrogens with one attached hydrogen (secondary N) is 1. The maximum atomic E-state index is 12.8. The predicted octanol–water partition coefficient (Wildman–Crippen LogP) is 4.59. The highest BCUT2D eigenvalue weighted by Gasteiger charge is 2.14. The number of hydrogen-bond donors (Lipinski definition) is 1. The lowest BCUT2D eigenvalue weighted by molar-refractivity contribution is 0.267. The lowest BCUT2D eigenvalue weighted by atomic mass is 10.1. The van der Waals surface area contributed by atoms with Crippen LogP contribution in [0.4, 0.5) is 0 Å². The molecule has 4 aromatic rings. The van der Waals surface area contributed by atoms with Crippen LogP contribution >= 0.6 is 0 Å². The van der Waals surface area contributed by atoms with Gasteiger partial charge in [-0.2, -0.15) is 5.10 Å². The molecule has 35 heavy (non-hydrogen) atoms. The number of aromatic nitrogens is 2. The molecule has 1 heterocycles. The van der Waals surface area contributed by atoms with Crippen LogP contribution in [-0.4, -0.2) is 22.5 Å². The van der Waals surface area contributed by atoms with Crippen molar-refractivity contribution in [2.24, 2.45) is 5.10 Å². The normalized spacial score (nSPS) is 11.1. The second-order valence-electron chi connectivity index (χ2n) is 8.05. The third-order valence-corrected chi connectivity index (χ3v) is 5.39. The van der Waals surface area contributed by atoms with Crippen LogP contribution in [0.2, 0.25) is 0 Å². The summed E-state index contributed by atoms with van der Waals surface area (Å²) in [6, 6.07) is 18.6. The first-order valence-electron chi connectivity index (χ1n) is 11.4. The molecule has 7 heteroatoms. The topological polar surface area (TPSA) is 85.7 Å². The average Bonchev–Trinajstić information content (AvgIpc) is 2.84. The zero-order valence-corrected chi connectivity index (χ0v) is 19.8. The lowest BCUT2D eigenvalue weighted by Gasteiger charge is -2.17. The summed E-state index contributed by atoms with van der Waals surface area (Å²) in [5.74, 6) is 1.19. The number of fused-ring (bicyclic) bond motifs is 1. The molecule has 0 radical (unpaired) electrons. The molecule has 0 saturated carbocycles. The minimum atomic E-state index is -0.612. The second kappa shape index (κ2) is 10.7. The largest absolute Gasteiger partial charge is 0.490 e. The maximum Gasteiger partial charge on any atom is 0.349 e. The van der Waals surface area contributed by atoms with Gasteiger partial charge in [0.1, 0.15) is 6.61 Å². The summed E-state index contributed by atoms with van der Waals surface area (Å²) < 4.78 is 12.9. The number of H-pyrrole nitrogens is 1. The van der Waals surface area contributed by atoms with Crippen molar-refractivity contribution in [3.05, 3.63) is 116 Å². The summed E-state index contributed by atoms with van der Waals surface area (Å²) in [7, 11) is 0. The molecule has 0 aliphatic carbocycles. The highest BCUT2D eigenvalue weighted by molar-refractivity contribution is 5.82. The fraction of sp³-hybridized carbons (Fsp3) is 0.179. The minimum absolute atomic E-state index is 0.381. The summed E-state index contributed by atoms with van der Waals surface area (Å²) in [5, 5.41) is 4.56. The maximum absolute atomic E-state index is 12.8. The smallest absolute Gasteiger partial charge is 0.349 e. The average molecular weight is 470 g/mol. The first kappa shape index (κ1) is 23.8. The Morgan fingerprint density at radius 2 is 1.89 bits per heavy atom. The monoisotopic (exact) mass is 469 g/mol.